The molecule has 2 heterocycles. The van der Waals surface area contributed by atoms with Crippen molar-refractivity contribution >= 4 is 23.4 Å². The molecule has 3 aromatic rings. The standard InChI is InChI=1S/C24H24ClN3O3/c1-15-3-10-21-22(28(15)24(29)30-2)12-11-20(16-13-26-27(14-16)18-6-7-18)23(21)31-19-8-4-17(25)5-9-19/h4-5,8-9,11-15,18H,3,6-7,10H2,1-2H3. The van der Waals surface area contributed by atoms with Crippen LogP contribution in [0.15, 0.2) is 48.8 Å². The molecule has 6 nitrogen and oxygen atoms in total. The number of halogens is 1. The lowest BCUT2D eigenvalue weighted by atomic mass is 9.92. The Balaban J connectivity index is 1.63. The lowest BCUT2D eigenvalue weighted by Gasteiger charge is -2.35. The van der Waals surface area contributed by atoms with Gasteiger partial charge in [0.05, 0.1) is 25.0 Å². The topological polar surface area (TPSA) is 56.6 Å². The summed E-state index contributed by atoms with van der Waals surface area (Å²) in [7, 11) is 1.41. The summed E-state index contributed by atoms with van der Waals surface area (Å²) < 4.78 is 13.5. The number of nitrogens with zero attached hydrogens (tertiary/aromatic N) is 3. The number of benzene rings is 2. The summed E-state index contributed by atoms with van der Waals surface area (Å²) >= 11 is 6.06. The van der Waals surface area contributed by atoms with Crippen LogP contribution in [-0.4, -0.2) is 29.0 Å². The molecular formula is C24H24ClN3O3. The van der Waals surface area contributed by atoms with Crippen molar-refractivity contribution in [2.24, 2.45) is 0 Å². The molecule has 2 aromatic carbocycles. The lowest BCUT2D eigenvalue weighted by molar-refractivity contribution is 0.175. The van der Waals surface area contributed by atoms with E-state index in [2.05, 4.69) is 11.3 Å². The van der Waals surface area contributed by atoms with Gasteiger partial charge in [0.1, 0.15) is 11.5 Å². The van der Waals surface area contributed by atoms with Crippen LogP contribution in [-0.2, 0) is 11.2 Å². The van der Waals surface area contributed by atoms with Crippen LogP contribution < -0.4 is 9.64 Å². The summed E-state index contributed by atoms with van der Waals surface area (Å²) in [6.45, 7) is 2.03. The average Bonchev–Trinajstić information content (AvgIpc) is 3.52. The van der Waals surface area contributed by atoms with E-state index in [4.69, 9.17) is 21.1 Å². The van der Waals surface area contributed by atoms with Gasteiger partial charge < -0.3 is 9.47 Å². The lowest BCUT2D eigenvalue weighted by Crippen LogP contribution is -2.42. The quantitative estimate of drug-likeness (QED) is 0.484. The number of carbonyl (C=O) groups is 1. The van der Waals surface area contributed by atoms with E-state index in [-0.39, 0.29) is 12.1 Å². The normalized spacial score (nSPS) is 17.9. The highest BCUT2D eigenvalue weighted by molar-refractivity contribution is 6.30. The van der Waals surface area contributed by atoms with Gasteiger partial charge in [-0.2, -0.15) is 5.10 Å². The molecule has 0 spiro atoms. The van der Waals surface area contributed by atoms with Gasteiger partial charge in [-0.1, -0.05) is 11.6 Å². The zero-order valence-electron chi connectivity index (χ0n) is 17.5. The van der Waals surface area contributed by atoms with E-state index >= 15 is 0 Å². The van der Waals surface area contributed by atoms with Gasteiger partial charge in [0.25, 0.3) is 0 Å². The molecule has 0 N–H and O–H groups in total. The highest BCUT2D eigenvalue weighted by atomic mass is 35.5. The fourth-order valence-corrected chi connectivity index (χ4v) is 4.29. The number of hydrogen-bond donors (Lipinski definition) is 0. The number of anilines is 1. The molecule has 2 aliphatic rings. The molecule has 0 bridgehead atoms. The Hall–Kier alpha value is -2.99. The van der Waals surface area contributed by atoms with Crippen LogP contribution in [0, 0.1) is 0 Å². The zero-order valence-corrected chi connectivity index (χ0v) is 18.3. The first-order chi connectivity index (χ1) is 15.0. The first-order valence-electron chi connectivity index (χ1n) is 10.6. The van der Waals surface area contributed by atoms with Crippen molar-refractivity contribution in [1.29, 1.82) is 0 Å². The number of hydrogen-bond acceptors (Lipinski definition) is 4. The van der Waals surface area contributed by atoms with Crippen molar-refractivity contribution in [3.8, 4) is 22.6 Å². The van der Waals surface area contributed by atoms with Gasteiger partial charge in [-0.05, 0) is 69.0 Å². The van der Waals surface area contributed by atoms with Gasteiger partial charge >= 0.3 is 6.09 Å². The van der Waals surface area contributed by atoms with Crippen molar-refractivity contribution in [3.63, 3.8) is 0 Å². The predicted molar refractivity (Wildman–Crippen MR) is 120 cm³/mol. The van der Waals surface area contributed by atoms with Crippen molar-refractivity contribution in [2.45, 2.75) is 44.7 Å². The molecule has 160 valence electrons. The largest absolute Gasteiger partial charge is 0.456 e. The Morgan fingerprint density at radius 3 is 2.61 bits per heavy atom. The van der Waals surface area contributed by atoms with Crippen LogP contribution in [0.4, 0.5) is 10.5 Å². The third-order valence-corrected chi connectivity index (χ3v) is 6.24. The highest BCUT2D eigenvalue weighted by Gasteiger charge is 2.33. The van der Waals surface area contributed by atoms with Gasteiger partial charge in [-0.25, -0.2) is 4.79 Å². The van der Waals surface area contributed by atoms with Crippen molar-refractivity contribution in [2.75, 3.05) is 12.0 Å². The Bertz CT molecular complexity index is 1120. The third kappa shape index (κ3) is 3.76. The van der Waals surface area contributed by atoms with E-state index < -0.39 is 0 Å². The number of rotatable bonds is 4. The average molecular weight is 438 g/mol. The van der Waals surface area contributed by atoms with Crippen LogP contribution in [0.1, 0.15) is 37.8 Å². The second-order valence-electron chi connectivity index (χ2n) is 8.16. The maximum absolute atomic E-state index is 12.5. The molecule has 31 heavy (non-hydrogen) atoms. The molecule has 1 amide bonds. The minimum absolute atomic E-state index is 0.0480. The fraction of sp³-hybridized carbons (Fsp3) is 0.333. The molecule has 0 radical (unpaired) electrons. The van der Waals surface area contributed by atoms with Crippen LogP contribution in [0.2, 0.25) is 5.02 Å². The van der Waals surface area contributed by atoms with Gasteiger partial charge in [0.2, 0.25) is 0 Å². The van der Waals surface area contributed by atoms with E-state index in [1.807, 2.05) is 42.1 Å². The summed E-state index contributed by atoms with van der Waals surface area (Å²) in [5, 5.41) is 5.21. The van der Waals surface area contributed by atoms with Gasteiger partial charge in [-0.15, -0.1) is 0 Å². The molecule has 1 aromatic heterocycles. The zero-order chi connectivity index (χ0) is 21.5. The van der Waals surface area contributed by atoms with E-state index in [0.29, 0.717) is 16.8 Å². The van der Waals surface area contributed by atoms with Crippen molar-refractivity contribution in [3.05, 3.63) is 59.4 Å². The Labute approximate surface area is 186 Å². The summed E-state index contributed by atoms with van der Waals surface area (Å²) in [5.74, 6) is 1.44. The van der Waals surface area contributed by atoms with Crippen LogP contribution in [0.5, 0.6) is 11.5 Å². The van der Waals surface area contributed by atoms with E-state index in [1.54, 1.807) is 17.0 Å². The van der Waals surface area contributed by atoms with Crippen LogP contribution in [0.25, 0.3) is 11.1 Å². The second kappa shape index (κ2) is 7.93. The van der Waals surface area contributed by atoms with Crippen LogP contribution >= 0.6 is 11.6 Å². The second-order valence-corrected chi connectivity index (χ2v) is 8.60. The summed E-state index contributed by atoms with van der Waals surface area (Å²) in [6.07, 6.45) is 7.58. The number of methoxy groups -OCH3 is 1. The molecule has 1 aliphatic heterocycles. The molecule has 1 fully saturated rings. The smallest absolute Gasteiger partial charge is 0.414 e. The molecule has 0 saturated heterocycles. The summed E-state index contributed by atoms with van der Waals surface area (Å²) in [5.41, 5.74) is 3.78. The first-order valence-corrected chi connectivity index (χ1v) is 10.9. The van der Waals surface area contributed by atoms with E-state index in [9.17, 15) is 4.79 Å². The maximum atomic E-state index is 12.5. The summed E-state index contributed by atoms with van der Waals surface area (Å²) in [6, 6.07) is 11.9. The molecule has 1 atom stereocenters. The first kappa shape index (κ1) is 19.9. The van der Waals surface area contributed by atoms with Gasteiger partial charge in [0.15, 0.2) is 0 Å². The van der Waals surface area contributed by atoms with Gasteiger partial charge in [0, 0.05) is 34.0 Å². The van der Waals surface area contributed by atoms with Crippen molar-refractivity contribution < 1.29 is 14.3 Å². The Kier molecular flexibility index (Phi) is 5.10. The maximum Gasteiger partial charge on any atom is 0.414 e. The molecule has 7 heteroatoms. The molecule has 1 saturated carbocycles. The fourth-order valence-electron chi connectivity index (χ4n) is 4.16. The van der Waals surface area contributed by atoms with Crippen LogP contribution in [0.3, 0.4) is 0 Å². The minimum Gasteiger partial charge on any atom is -0.456 e. The number of fused-ring (bicyclic) bond motifs is 1. The van der Waals surface area contributed by atoms with E-state index in [0.717, 1.165) is 41.0 Å². The molecular weight excluding hydrogens is 414 g/mol. The third-order valence-electron chi connectivity index (χ3n) is 5.99. The monoisotopic (exact) mass is 437 g/mol. The Morgan fingerprint density at radius 1 is 1.13 bits per heavy atom. The number of amides is 1. The molecule has 1 aliphatic carbocycles. The van der Waals surface area contributed by atoms with Crippen molar-refractivity contribution in [1.82, 2.24) is 9.78 Å². The molecule has 1 unspecified atom stereocenters. The minimum atomic E-state index is -0.361. The highest BCUT2D eigenvalue weighted by Crippen LogP contribution is 2.45. The SMILES string of the molecule is COC(=O)N1c2ccc(-c3cnn(C4CC4)c3)c(Oc3ccc(Cl)cc3)c2CCC1C. The number of carbonyl (C=O) groups excluding carboxylic acids is 1. The predicted octanol–water partition coefficient (Wildman–Crippen LogP) is 6.24. The van der Waals surface area contributed by atoms with Gasteiger partial charge in [-0.3, -0.25) is 9.58 Å². The summed E-state index contributed by atoms with van der Waals surface area (Å²) in [4.78, 5) is 14.2. The number of ether oxygens (including phenoxy) is 2. The number of aromatic nitrogens is 2. The molecule has 5 rings (SSSR count). The van der Waals surface area contributed by atoms with E-state index in [1.165, 1.54) is 20.0 Å². The Morgan fingerprint density at radius 2 is 1.90 bits per heavy atom.